The first-order chi connectivity index (χ1) is 9.00. The first kappa shape index (κ1) is 14.0. The van der Waals surface area contributed by atoms with Crippen LogP contribution in [0.4, 0.5) is 0 Å². The third-order valence-corrected chi connectivity index (χ3v) is 3.54. The zero-order chi connectivity index (χ0) is 13.9. The van der Waals surface area contributed by atoms with Crippen LogP contribution in [0, 0.1) is 0 Å². The van der Waals surface area contributed by atoms with Gasteiger partial charge in [-0.15, -0.1) is 0 Å². The third kappa shape index (κ3) is 3.54. The second-order valence-electron chi connectivity index (χ2n) is 5.57. The average Bonchev–Trinajstić information content (AvgIpc) is 2.79. The fourth-order valence-electron chi connectivity index (χ4n) is 2.67. The molecule has 2 N–H and O–H groups in total. The summed E-state index contributed by atoms with van der Waals surface area (Å²) < 4.78 is 0. The van der Waals surface area contributed by atoms with E-state index >= 15 is 0 Å². The van der Waals surface area contributed by atoms with Crippen LogP contribution in [0.3, 0.4) is 0 Å². The van der Waals surface area contributed by atoms with Gasteiger partial charge in [-0.1, -0.05) is 0 Å². The van der Waals surface area contributed by atoms with Crippen molar-refractivity contribution in [3.05, 3.63) is 18.2 Å². The number of imidazole rings is 1. The van der Waals surface area contributed by atoms with Crippen molar-refractivity contribution in [1.82, 2.24) is 19.8 Å². The highest BCUT2D eigenvalue weighted by molar-refractivity contribution is 5.92. The molecule has 19 heavy (non-hydrogen) atoms. The smallest absolute Gasteiger partial charge is 0.271 e. The summed E-state index contributed by atoms with van der Waals surface area (Å²) in [5.74, 6) is -0.0356. The van der Waals surface area contributed by atoms with Crippen molar-refractivity contribution in [1.29, 1.82) is 0 Å². The molecule has 1 aliphatic rings. The quantitative estimate of drug-likeness (QED) is 0.827. The molecular formula is C13H22N4O2. The predicted molar refractivity (Wildman–Crippen MR) is 71.8 cm³/mol. The molecule has 0 aliphatic carbocycles. The molecular weight excluding hydrogens is 244 g/mol. The Morgan fingerprint density at radius 2 is 2.32 bits per heavy atom. The maximum Gasteiger partial charge on any atom is 0.271 e. The molecule has 1 saturated heterocycles. The minimum absolute atomic E-state index is 0.0356. The monoisotopic (exact) mass is 266 g/mol. The first-order valence-electron chi connectivity index (χ1n) is 6.65. The van der Waals surface area contributed by atoms with Gasteiger partial charge in [-0.05, 0) is 33.4 Å². The standard InChI is InChI=1S/C13H22N4O2/c1-16(2)9-13(19)4-3-6-17(7-5-13)12(18)11-8-14-10-15-11/h8,10,19H,3-7,9H2,1-2H3,(H,14,15)/t13-/m0/s1. The molecule has 6 heteroatoms. The Kier molecular flexibility index (Phi) is 4.21. The van der Waals surface area contributed by atoms with E-state index in [1.54, 1.807) is 11.1 Å². The summed E-state index contributed by atoms with van der Waals surface area (Å²) in [5, 5.41) is 10.6. The maximum atomic E-state index is 12.2. The molecule has 1 amide bonds. The van der Waals surface area contributed by atoms with Crippen molar-refractivity contribution in [2.75, 3.05) is 33.7 Å². The van der Waals surface area contributed by atoms with Crippen LogP contribution in [0.15, 0.2) is 12.5 Å². The van der Waals surface area contributed by atoms with Gasteiger partial charge >= 0.3 is 0 Å². The van der Waals surface area contributed by atoms with Gasteiger partial charge in [0.2, 0.25) is 0 Å². The van der Waals surface area contributed by atoms with Crippen molar-refractivity contribution in [2.24, 2.45) is 0 Å². The van der Waals surface area contributed by atoms with Gasteiger partial charge in [0, 0.05) is 19.6 Å². The number of likely N-dealkylation sites (tertiary alicyclic amines) is 1. The Bertz CT molecular complexity index is 418. The largest absolute Gasteiger partial charge is 0.388 e. The summed E-state index contributed by atoms with van der Waals surface area (Å²) in [7, 11) is 3.91. The normalized spacial score (nSPS) is 24.5. The minimum Gasteiger partial charge on any atom is -0.388 e. The van der Waals surface area contributed by atoms with Crippen LogP contribution in [0.2, 0.25) is 0 Å². The van der Waals surface area contributed by atoms with E-state index in [1.165, 1.54) is 6.33 Å². The molecule has 0 aromatic carbocycles. The van der Waals surface area contributed by atoms with Crippen LogP contribution < -0.4 is 0 Å². The molecule has 0 bridgehead atoms. The van der Waals surface area contributed by atoms with Crippen LogP contribution in [-0.2, 0) is 0 Å². The Balaban J connectivity index is 1.98. The molecule has 0 radical (unpaired) electrons. The maximum absolute atomic E-state index is 12.2. The number of aliphatic hydroxyl groups is 1. The number of aromatic amines is 1. The summed E-state index contributed by atoms with van der Waals surface area (Å²) in [6.45, 7) is 1.91. The summed E-state index contributed by atoms with van der Waals surface area (Å²) in [6.07, 6.45) is 5.22. The second-order valence-corrected chi connectivity index (χ2v) is 5.57. The second kappa shape index (κ2) is 5.71. The van der Waals surface area contributed by atoms with Crippen LogP contribution in [0.5, 0.6) is 0 Å². The molecule has 1 aromatic heterocycles. The number of nitrogens with zero attached hydrogens (tertiary/aromatic N) is 3. The van der Waals surface area contributed by atoms with Crippen molar-refractivity contribution >= 4 is 5.91 Å². The van der Waals surface area contributed by atoms with E-state index in [2.05, 4.69) is 9.97 Å². The fourth-order valence-corrected chi connectivity index (χ4v) is 2.67. The highest BCUT2D eigenvalue weighted by Crippen LogP contribution is 2.23. The van der Waals surface area contributed by atoms with Crippen molar-refractivity contribution in [2.45, 2.75) is 24.9 Å². The van der Waals surface area contributed by atoms with E-state index in [1.807, 2.05) is 19.0 Å². The summed E-state index contributed by atoms with van der Waals surface area (Å²) in [4.78, 5) is 22.7. The number of carbonyl (C=O) groups is 1. The molecule has 1 fully saturated rings. The molecule has 106 valence electrons. The highest BCUT2D eigenvalue weighted by atomic mass is 16.3. The number of hydrogen-bond donors (Lipinski definition) is 2. The van der Waals surface area contributed by atoms with Crippen LogP contribution >= 0.6 is 0 Å². The molecule has 2 heterocycles. The minimum atomic E-state index is -0.688. The van der Waals surface area contributed by atoms with Crippen molar-refractivity contribution in [3.63, 3.8) is 0 Å². The number of carbonyl (C=O) groups excluding carboxylic acids is 1. The lowest BCUT2D eigenvalue weighted by Gasteiger charge is -2.29. The van der Waals surface area contributed by atoms with Gasteiger partial charge in [-0.25, -0.2) is 4.98 Å². The van der Waals surface area contributed by atoms with E-state index in [4.69, 9.17) is 0 Å². The van der Waals surface area contributed by atoms with E-state index in [9.17, 15) is 9.90 Å². The first-order valence-corrected chi connectivity index (χ1v) is 6.65. The number of rotatable bonds is 3. The van der Waals surface area contributed by atoms with Gasteiger partial charge in [0.25, 0.3) is 5.91 Å². The van der Waals surface area contributed by atoms with Gasteiger partial charge in [0.1, 0.15) is 5.69 Å². The Labute approximate surface area is 113 Å². The SMILES string of the molecule is CN(C)C[C@]1(O)CCCN(C(=O)c2cnc[nH]2)CC1. The third-order valence-electron chi connectivity index (χ3n) is 3.54. The number of hydrogen-bond acceptors (Lipinski definition) is 4. The highest BCUT2D eigenvalue weighted by Gasteiger charge is 2.32. The average molecular weight is 266 g/mol. The molecule has 0 unspecified atom stereocenters. The Hall–Kier alpha value is -1.40. The Morgan fingerprint density at radius 3 is 2.95 bits per heavy atom. The van der Waals surface area contributed by atoms with E-state index in [0.717, 1.165) is 12.8 Å². The van der Waals surface area contributed by atoms with Crippen LogP contribution in [0.1, 0.15) is 29.8 Å². The number of nitrogens with one attached hydrogen (secondary N) is 1. The molecule has 1 aromatic rings. The zero-order valence-electron chi connectivity index (χ0n) is 11.6. The zero-order valence-corrected chi connectivity index (χ0v) is 11.6. The lowest BCUT2D eigenvalue weighted by atomic mass is 9.94. The van der Waals surface area contributed by atoms with Crippen LogP contribution in [-0.4, -0.2) is 70.1 Å². The van der Waals surface area contributed by atoms with Crippen molar-refractivity contribution < 1.29 is 9.90 Å². The van der Waals surface area contributed by atoms with Gasteiger partial charge in [-0.2, -0.15) is 0 Å². The fraction of sp³-hybridized carbons (Fsp3) is 0.692. The molecule has 0 saturated carbocycles. The number of H-pyrrole nitrogens is 1. The van der Waals surface area contributed by atoms with Gasteiger partial charge in [0.05, 0.1) is 18.1 Å². The lowest BCUT2D eigenvalue weighted by molar-refractivity contribution is 0.00303. The number of aromatic nitrogens is 2. The Morgan fingerprint density at radius 1 is 1.53 bits per heavy atom. The molecule has 6 nitrogen and oxygen atoms in total. The number of amides is 1. The van der Waals surface area contributed by atoms with Gasteiger partial charge in [-0.3, -0.25) is 4.79 Å². The predicted octanol–water partition coefficient (Wildman–Crippen LogP) is 0.328. The van der Waals surface area contributed by atoms with E-state index in [0.29, 0.717) is 31.7 Å². The van der Waals surface area contributed by atoms with Gasteiger partial charge < -0.3 is 19.9 Å². The summed E-state index contributed by atoms with van der Waals surface area (Å²) in [5.41, 5.74) is -0.176. The van der Waals surface area contributed by atoms with E-state index in [-0.39, 0.29) is 5.91 Å². The van der Waals surface area contributed by atoms with E-state index < -0.39 is 5.60 Å². The van der Waals surface area contributed by atoms with Crippen molar-refractivity contribution in [3.8, 4) is 0 Å². The van der Waals surface area contributed by atoms with Gasteiger partial charge in [0.15, 0.2) is 0 Å². The van der Waals surface area contributed by atoms with Crippen LogP contribution in [0.25, 0.3) is 0 Å². The topological polar surface area (TPSA) is 72.5 Å². The number of likely N-dealkylation sites (N-methyl/N-ethyl adjacent to an activating group) is 1. The molecule has 1 atom stereocenters. The molecule has 0 spiro atoms. The molecule has 2 rings (SSSR count). The summed E-state index contributed by atoms with van der Waals surface area (Å²) >= 11 is 0. The molecule has 1 aliphatic heterocycles. The summed E-state index contributed by atoms with van der Waals surface area (Å²) in [6, 6.07) is 0. The lowest BCUT2D eigenvalue weighted by Crippen LogP contribution is -2.41.